The van der Waals surface area contributed by atoms with Gasteiger partial charge in [0.2, 0.25) is 5.91 Å². The van der Waals surface area contributed by atoms with Crippen LogP contribution in [0.4, 0.5) is 0 Å². The van der Waals surface area contributed by atoms with Gasteiger partial charge in [-0.15, -0.1) is 24.0 Å². The van der Waals surface area contributed by atoms with E-state index >= 15 is 0 Å². The highest BCUT2D eigenvalue weighted by atomic mass is 127. The second kappa shape index (κ2) is 10.4. The molecule has 0 heterocycles. The molecule has 1 amide bonds. The SMILES string of the molecule is CN=C(NCc1ccc(C)cc1OC)NCC(C)(C)C(=O)NC.I. The zero-order chi connectivity index (χ0) is 17.5. The molecule has 136 valence electrons. The molecular formula is C17H29IN4O2. The van der Waals surface area contributed by atoms with E-state index in [2.05, 4.69) is 20.9 Å². The summed E-state index contributed by atoms with van der Waals surface area (Å²) in [5.41, 5.74) is 1.68. The first-order chi connectivity index (χ1) is 10.8. The van der Waals surface area contributed by atoms with Crippen LogP contribution in [0.1, 0.15) is 25.0 Å². The molecule has 1 rings (SSSR count). The average molecular weight is 448 g/mol. The van der Waals surface area contributed by atoms with Gasteiger partial charge in [0, 0.05) is 32.7 Å². The van der Waals surface area contributed by atoms with Gasteiger partial charge in [-0.25, -0.2) is 0 Å². The Hall–Kier alpha value is -1.51. The molecule has 0 bridgehead atoms. The van der Waals surface area contributed by atoms with Gasteiger partial charge >= 0.3 is 0 Å². The largest absolute Gasteiger partial charge is 0.496 e. The zero-order valence-electron chi connectivity index (χ0n) is 15.3. The lowest BCUT2D eigenvalue weighted by Crippen LogP contribution is -2.47. The number of aryl methyl sites for hydroxylation is 1. The monoisotopic (exact) mass is 448 g/mol. The molecule has 1 aromatic carbocycles. The average Bonchev–Trinajstić information content (AvgIpc) is 2.54. The van der Waals surface area contributed by atoms with Crippen molar-refractivity contribution in [3.63, 3.8) is 0 Å². The first-order valence-electron chi connectivity index (χ1n) is 7.64. The third-order valence-corrected chi connectivity index (χ3v) is 3.65. The van der Waals surface area contributed by atoms with Crippen LogP contribution in [0.15, 0.2) is 23.2 Å². The highest BCUT2D eigenvalue weighted by Crippen LogP contribution is 2.19. The molecule has 0 atom stereocenters. The standard InChI is InChI=1S/C17H28N4O2.HI/c1-12-7-8-13(14(9-12)23-6)10-20-16(19-5)21-11-17(2,3)15(22)18-4;/h7-9H,10-11H2,1-6H3,(H,18,22)(H2,19,20,21);1H. The number of guanidine groups is 1. The van der Waals surface area contributed by atoms with Gasteiger partial charge in [0.15, 0.2) is 5.96 Å². The Morgan fingerprint density at radius 3 is 2.50 bits per heavy atom. The maximum Gasteiger partial charge on any atom is 0.227 e. The minimum absolute atomic E-state index is 0. The number of halogens is 1. The zero-order valence-corrected chi connectivity index (χ0v) is 17.6. The molecule has 7 heteroatoms. The van der Waals surface area contributed by atoms with Crippen molar-refractivity contribution in [2.45, 2.75) is 27.3 Å². The molecular weight excluding hydrogens is 419 g/mol. The van der Waals surface area contributed by atoms with Crippen molar-refractivity contribution in [3.8, 4) is 5.75 Å². The summed E-state index contributed by atoms with van der Waals surface area (Å²) >= 11 is 0. The van der Waals surface area contributed by atoms with Gasteiger partial charge in [-0.3, -0.25) is 9.79 Å². The molecule has 0 aliphatic rings. The molecule has 1 aromatic rings. The minimum Gasteiger partial charge on any atom is -0.496 e. The molecule has 24 heavy (non-hydrogen) atoms. The lowest BCUT2D eigenvalue weighted by atomic mass is 9.92. The van der Waals surface area contributed by atoms with E-state index in [-0.39, 0.29) is 29.9 Å². The lowest BCUT2D eigenvalue weighted by molar-refractivity contribution is -0.128. The summed E-state index contributed by atoms with van der Waals surface area (Å²) in [6.45, 7) is 6.87. The van der Waals surface area contributed by atoms with Crippen LogP contribution in [-0.2, 0) is 11.3 Å². The maximum absolute atomic E-state index is 11.8. The van der Waals surface area contributed by atoms with Gasteiger partial charge in [-0.2, -0.15) is 0 Å². The van der Waals surface area contributed by atoms with Crippen molar-refractivity contribution >= 4 is 35.8 Å². The summed E-state index contributed by atoms with van der Waals surface area (Å²) in [6.07, 6.45) is 0. The van der Waals surface area contributed by atoms with Crippen molar-refractivity contribution in [2.24, 2.45) is 10.4 Å². The second-order valence-corrected chi connectivity index (χ2v) is 6.06. The molecule has 0 aromatic heterocycles. The van der Waals surface area contributed by atoms with E-state index in [9.17, 15) is 4.79 Å². The fourth-order valence-corrected chi connectivity index (χ4v) is 2.12. The van der Waals surface area contributed by atoms with Gasteiger partial charge in [-0.1, -0.05) is 12.1 Å². The van der Waals surface area contributed by atoms with Crippen LogP contribution in [0.25, 0.3) is 0 Å². The van der Waals surface area contributed by atoms with E-state index in [0.29, 0.717) is 19.0 Å². The Bertz CT molecular complexity index is 574. The Morgan fingerprint density at radius 1 is 1.29 bits per heavy atom. The van der Waals surface area contributed by atoms with Gasteiger partial charge < -0.3 is 20.7 Å². The minimum atomic E-state index is -0.520. The van der Waals surface area contributed by atoms with Crippen LogP contribution in [0.5, 0.6) is 5.75 Å². The molecule has 0 aliphatic heterocycles. The van der Waals surface area contributed by atoms with E-state index in [1.54, 1.807) is 21.2 Å². The molecule has 0 unspecified atom stereocenters. The lowest BCUT2D eigenvalue weighted by Gasteiger charge is -2.24. The fourth-order valence-electron chi connectivity index (χ4n) is 2.12. The summed E-state index contributed by atoms with van der Waals surface area (Å²) in [4.78, 5) is 16.0. The molecule has 0 saturated carbocycles. The van der Waals surface area contributed by atoms with Crippen LogP contribution in [0, 0.1) is 12.3 Å². The van der Waals surface area contributed by atoms with Crippen molar-refractivity contribution in [1.29, 1.82) is 0 Å². The number of hydrogen-bond acceptors (Lipinski definition) is 3. The predicted octanol–water partition coefficient (Wildman–Crippen LogP) is 2.06. The van der Waals surface area contributed by atoms with Crippen molar-refractivity contribution in [1.82, 2.24) is 16.0 Å². The quantitative estimate of drug-likeness (QED) is 0.354. The predicted molar refractivity (Wildman–Crippen MR) is 109 cm³/mol. The number of rotatable bonds is 6. The number of amides is 1. The number of ether oxygens (including phenoxy) is 1. The first-order valence-corrected chi connectivity index (χ1v) is 7.64. The number of methoxy groups -OCH3 is 1. The van der Waals surface area contributed by atoms with E-state index in [1.807, 2.05) is 39.0 Å². The van der Waals surface area contributed by atoms with Crippen molar-refractivity contribution in [2.75, 3.05) is 27.7 Å². The number of carbonyl (C=O) groups excluding carboxylic acids is 1. The number of nitrogens with zero attached hydrogens (tertiary/aromatic N) is 1. The Kier molecular flexibility index (Phi) is 9.72. The number of carbonyl (C=O) groups is 1. The van der Waals surface area contributed by atoms with Gasteiger partial charge in [0.05, 0.1) is 12.5 Å². The third kappa shape index (κ3) is 6.54. The summed E-state index contributed by atoms with van der Waals surface area (Å²) in [5.74, 6) is 1.48. The van der Waals surface area contributed by atoms with Crippen LogP contribution >= 0.6 is 24.0 Å². The van der Waals surface area contributed by atoms with Gasteiger partial charge in [0.1, 0.15) is 5.75 Å². The topological polar surface area (TPSA) is 74.8 Å². The maximum atomic E-state index is 11.8. The fraction of sp³-hybridized carbons (Fsp3) is 0.529. The smallest absolute Gasteiger partial charge is 0.227 e. The van der Waals surface area contributed by atoms with Crippen LogP contribution in [0.2, 0.25) is 0 Å². The molecule has 0 saturated heterocycles. The van der Waals surface area contributed by atoms with E-state index in [0.717, 1.165) is 16.9 Å². The highest BCUT2D eigenvalue weighted by molar-refractivity contribution is 14.0. The number of hydrogen-bond donors (Lipinski definition) is 3. The number of aliphatic imine (C=N–C) groups is 1. The summed E-state index contributed by atoms with van der Waals surface area (Å²) < 4.78 is 5.40. The molecule has 3 N–H and O–H groups in total. The molecule has 0 radical (unpaired) electrons. The molecule has 0 aliphatic carbocycles. The van der Waals surface area contributed by atoms with Crippen LogP contribution in [-0.4, -0.2) is 39.6 Å². The normalized spacial score (nSPS) is 11.3. The second-order valence-electron chi connectivity index (χ2n) is 6.06. The third-order valence-electron chi connectivity index (χ3n) is 3.65. The van der Waals surface area contributed by atoms with Gasteiger partial charge in [-0.05, 0) is 32.4 Å². The number of nitrogens with one attached hydrogen (secondary N) is 3. The Labute approximate surface area is 161 Å². The van der Waals surface area contributed by atoms with E-state index in [4.69, 9.17) is 4.74 Å². The number of benzene rings is 1. The van der Waals surface area contributed by atoms with E-state index in [1.165, 1.54) is 0 Å². The van der Waals surface area contributed by atoms with Crippen LogP contribution < -0.4 is 20.7 Å². The summed E-state index contributed by atoms with van der Waals surface area (Å²) in [6, 6.07) is 6.08. The van der Waals surface area contributed by atoms with Crippen LogP contribution in [0.3, 0.4) is 0 Å². The Balaban J connectivity index is 0.00000529. The molecule has 0 spiro atoms. The highest BCUT2D eigenvalue weighted by Gasteiger charge is 2.26. The van der Waals surface area contributed by atoms with Crippen molar-refractivity contribution in [3.05, 3.63) is 29.3 Å². The molecule has 0 fully saturated rings. The summed E-state index contributed by atoms with van der Waals surface area (Å²) in [5, 5.41) is 9.09. The van der Waals surface area contributed by atoms with Gasteiger partial charge in [0.25, 0.3) is 0 Å². The summed E-state index contributed by atoms with van der Waals surface area (Å²) in [7, 11) is 5.01. The Morgan fingerprint density at radius 2 is 1.96 bits per heavy atom. The van der Waals surface area contributed by atoms with E-state index < -0.39 is 5.41 Å². The first kappa shape index (κ1) is 22.5. The van der Waals surface area contributed by atoms with Crippen molar-refractivity contribution < 1.29 is 9.53 Å². The molecule has 6 nitrogen and oxygen atoms in total.